The lowest BCUT2D eigenvalue weighted by Crippen LogP contribution is -2.41. The van der Waals surface area contributed by atoms with Gasteiger partial charge in [0, 0.05) is 18.8 Å². The fraction of sp³-hybridized carbons (Fsp3) is 0.500. The van der Waals surface area contributed by atoms with E-state index in [9.17, 15) is 4.39 Å². The summed E-state index contributed by atoms with van der Waals surface area (Å²) in [6.45, 7) is 2.12. The van der Waals surface area contributed by atoms with Gasteiger partial charge in [-0.3, -0.25) is 0 Å². The van der Waals surface area contributed by atoms with Crippen LogP contribution in [0.4, 0.5) is 10.1 Å². The number of nitrogens with one attached hydrogen (secondary N) is 1. The van der Waals surface area contributed by atoms with Crippen molar-refractivity contribution in [3.63, 3.8) is 0 Å². The molecule has 1 N–H and O–H groups in total. The molecule has 0 spiro atoms. The lowest BCUT2D eigenvalue weighted by molar-refractivity contribution is 0.443. The minimum absolute atomic E-state index is 0.159. The van der Waals surface area contributed by atoms with Gasteiger partial charge in [-0.1, -0.05) is 6.07 Å². The minimum Gasteiger partial charge on any atom is -0.371 e. The number of halogens is 1. The molecule has 0 amide bonds. The Kier molecular flexibility index (Phi) is 3.21. The summed E-state index contributed by atoms with van der Waals surface area (Å²) in [5.74, 6) is -0.159. The Bertz CT molecular complexity index is 321. The van der Waals surface area contributed by atoms with Crippen LogP contribution in [-0.4, -0.2) is 26.2 Å². The number of nitrogens with zero attached hydrogens (tertiary/aromatic N) is 1. The van der Waals surface area contributed by atoms with Crippen LogP contribution in [0.25, 0.3) is 0 Å². The molecule has 0 aliphatic carbocycles. The van der Waals surface area contributed by atoms with E-state index in [1.54, 1.807) is 12.1 Å². The Morgan fingerprint density at radius 3 is 2.73 bits per heavy atom. The molecule has 1 aliphatic rings. The summed E-state index contributed by atoms with van der Waals surface area (Å²) in [5, 5.41) is 3.33. The number of hydrogen-bond acceptors (Lipinski definition) is 2. The van der Waals surface area contributed by atoms with Crippen molar-refractivity contribution >= 4 is 5.69 Å². The third kappa shape index (κ3) is 2.48. The van der Waals surface area contributed by atoms with Crippen LogP contribution < -0.4 is 10.2 Å². The highest BCUT2D eigenvalue weighted by atomic mass is 19.1. The maximum absolute atomic E-state index is 13.1. The zero-order valence-electron chi connectivity index (χ0n) is 9.04. The van der Waals surface area contributed by atoms with E-state index in [4.69, 9.17) is 0 Å². The smallest absolute Gasteiger partial charge is 0.125 e. The molecule has 2 nitrogen and oxygen atoms in total. The molecular weight excluding hydrogens is 191 g/mol. The summed E-state index contributed by atoms with van der Waals surface area (Å²) < 4.78 is 13.1. The zero-order valence-corrected chi connectivity index (χ0v) is 9.04. The average molecular weight is 208 g/mol. The fourth-order valence-corrected chi connectivity index (χ4v) is 2.10. The summed E-state index contributed by atoms with van der Waals surface area (Å²) in [6.07, 6.45) is 2.26. The minimum atomic E-state index is -0.159. The van der Waals surface area contributed by atoms with E-state index >= 15 is 0 Å². The Labute approximate surface area is 90.1 Å². The van der Waals surface area contributed by atoms with Gasteiger partial charge in [0.05, 0.1) is 0 Å². The topological polar surface area (TPSA) is 15.3 Å². The van der Waals surface area contributed by atoms with Gasteiger partial charge in [0.2, 0.25) is 0 Å². The summed E-state index contributed by atoms with van der Waals surface area (Å²) in [4.78, 5) is 2.18. The molecule has 0 aromatic heterocycles. The van der Waals surface area contributed by atoms with Crippen molar-refractivity contribution in [3.05, 3.63) is 30.1 Å². The van der Waals surface area contributed by atoms with Crippen LogP contribution in [0.3, 0.4) is 0 Å². The molecule has 1 fully saturated rings. The maximum Gasteiger partial charge on any atom is 0.125 e. The zero-order chi connectivity index (χ0) is 10.7. The first-order chi connectivity index (χ1) is 7.27. The number of piperidine rings is 1. The van der Waals surface area contributed by atoms with Crippen molar-refractivity contribution in [2.45, 2.75) is 18.9 Å². The normalized spacial score (nSPS) is 17.7. The molecule has 0 radical (unpaired) electrons. The third-order valence-electron chi connectivity index (χ3n) is 3.07. The van der Waals surface area contributed by atoms with Gasteiger partial charge in [-0.05, 0) is 44.1 Å². The van der Waals surface area contributed by atoms with E-state index in [2.05, 4.69) is 10.2 Å². The molecule has 1 aliphatic heterocycles. The summed E-state index contributed by atoms with van der Waals surface area (Å²) in [5.41, 5.74) is 0.974. The second-order valence-electron chi connectivity index (χ2n) is 4.07. The number of benzene rings is 1. The number of anilines is 1. The Balaban J connectivity index is 2.08. The highest BCUT2D eigenvalue weighted by Gasteiger charge is 2.17. The molecule has 1 heterocycles. The van der Waals surface area contributed by atoms with Gasteiger partial charge in [0.15, 0.2) is 0 Å². The van der Waals surface area contributed by atoms with Gasteiger partial charge in [-0.25, -0.2) is 4.39 Å². The Morgan fingerprint density at radius 1 is 1.33 bits per heavy atom. The largest absolute Gasteiger partial charge is 0.371 e. The first kappa shape index (κ1) is 10.4. The Hall–Kier alpha value is -1.09. The molecule has 1 saturated heterocycles. The van der Waals surface area contributed by atoms with Crippen molar-refractivity contribution in [1.82, 2.24) is 5.32 Å². The average Bonchev–Trinajstić information content (AvgIpc) is 2.29. The number of rotatable bonds is 2. The molecule has 0 unspecified atom stereocenters. The highest BCUT2D eigenvalue weighted by Crippen LogP contribution is 2.20. The van der Waals surface area contributed by atoms with Gasteiger partial charge in [-0.2, -0.15) is 0 Å². The monoisotopic (exact) mass is 208 g/mol. The first-order valence-electron chi connectivity index (χ1n) is 5.46. The second-order valence-corrected chi connectivity index (χ2v) is 4.07. The molecule has 0 atom stereocenters. The quantitative estimate of drug-likeness (QED) is 0.800. The van der Waals surface area contributed by atoms with Crippen LogP contribution in [0.5, 0.6) is 0 Å². The van der Waals surface area contributed by atoms with Crippen LogP contribution in [-0.2, 0) is 0 Å². The molecule has 82 valence electrons. The summed E-state index contributed by atoms with van der Waals surface area (Å²) in [7, 11) is 2.05. The first-order valence-corrected chi connectivity index (χ1v) is 5.46. The molecule has 1 aromatic carbocycles. The standard InChI is InChI=1S/C12H17FN2/c1-15(11-5-7-14-8-6-11)12-4-2-3-10(13)9-12/h2-4,9,11,14H,5-8H2,1H3. The van der Waals surface area contributed by atoms with Crippen LogP contribution in [0, 0.1) is 5.82 Å². The van der Waals surface area contributed by atoms with Crippen molar-refractivity contribution in [3.8, 4) is 0 Å². The lowest BCUT2D eigenvalue weighted by atomic mass is 10.0. The lowest BCUT2D eigenvalue weighted by Gasteiger charge is -2.33. The van der Waals surface area contributed by atoms with Crippen LogP contribution in [0.1, 0.15) is 12.8 Å². The molecule has 0 bridgehead atoms. The molecule has 0 saturated carbocycles. The molecule has 1 aromatic rings. The predicted octanol–water partition coefficient (Wildman–Crippen LogP) is 2.01. The SMILES string of the molecule is CN(c1cccc(F)c1)C1CCNCC1. The van der Waals surface area contributed by atoms with E-state index in [1.807, 2.05) is 13.1 Å². The van der Waals surface area contributed by atoms with Gasteiger partial charge in [0.25, 0.3) is 0 Å². The van der Waals surface area contributed by atoms with Gasteiger partial charge >= 0.3 is 0 Å². The van der Waals surface area contributed by atoms with E-state index in [1.165, 1.54) is 6.07 Å². The third-order valence-corrected chi connectivity index (χ3v) is 3.07. The van der Waals surface area contributed by atoms with Crippen LogP contribution in [0.2, 0.25) is 0 Å². The van der Waals surface area contributed by atoms with E-state index in [0.717, 1.165) is 31.6 Å². The van der Waals surface area contributed by atoms with Crippen molar-refractivity contribution in [1.29, 1.82) is 0 Å². The molecule has 15 heavy (non-hydrogen) atoms. The fourth-order valence-electron chi connectivity index (χ4n) is 2.10. The van der Waals surface area contributed by atoms with Crippen molar-refractivity contribution in [2.75, 3.05) is 25.0 Å². The molecule has 3 heteroatoms. The van der Waals surface area contributed by atoms with E-state index in [-0.39, 0.29) is 5.82 Å². The van der Waals surface area contributed by atoms with Crippen molar-refractivity contribution < 1.29 is 4.39 Å². The van der Waals surface area contributed by atoms with E-state index in [0.29, 0.717) is 6.04 Å². The predicted molar refractivity (Wildman–Crippen MR) is 60.7 cm³/mol. The van der Waals surface area contributed by atoms with Crippen LogP contribution in [0.15, 0.2) is 24.3 Å². The summed E-state index contributed by atoms with van der Waals surface area (Å²) in [6, 6.07) is 7.35. The molecule has 2 rings (SSSR count). The Morgan fingerprint density at radius 2 is 2.07 bits per heavy atom. The second kappa shape index (κ2) is 4.62. The van der Waals surface area contributed by atoms with Crippen molar-refractivity contribution in [2.24, 2.45) is 0 Å². The maximum atomic E-state index is 13.1. The molecular formula is C12H17FN2. The van der Waals surface area contributed by atoms with Gasteiger partial charge in [-0.15, -0.1) is 0 Å². The van der Waals surface area contributed by atoms with Gasteiger partial charge in [0.1, 0.15) is 5.82 Å². The van der Waals surface area contributed by atoms with Gasteiger partial charge < -0.3 is 10.2 Å². The van der Waals surface area contributed by atoms with E-state index < -0.39 is 0 Å². The summed E-state index contributed by atoms with van der Waals surface area (Å²) >= 11 is 0. The number of hydrogen-bond donors (Lipinski definition) is 1. The van der Waals surface area contributed by atoms with Crippen LogP contribution >= 0.6 is 0 Å². The highest BCUT2D eigenvalue weighted by molar-refractivity contribution is 5.46.